The summed E-state index contributed by atoms with van der Waals surface area (Å²) >= 11 is 12.1. The molecule has 4 nitrogen and oxygen atoms in total. The first kappa shape index (κ1) is 17.1. The van der Waals surface area contributed by atoms with E-state index in [0.717, 1.165) is 12.8 Å². The van der Waals surface area contributed by atoms with Gasteiger partial charge >= 0.3 is 0 Å². The molecule has 0 unspecified atom stereocenters. The number of hydrogen-bond donors (Lipinski definition) is 1. The molecule has 1 aliphatic rings. The number of nitrogens with zero attached hydrogens (tertiary/aromatic N) is 1. The molecule has 24 heavy (non-hydrogen) atoms. The van der Waals surface area contributed by atoms with Crippen molar-refractivity contribution in [3.8, 4) is 11.5 Å². The normalized spacial score (nSPS) is 15.4. The molecule has 0 spiro atoms. The molecule has 126 valence electrons. The van der Waals surface area contributed by atoms with E-state index in [1.54, 1.807) is 47.4 Å². The van der Waals surface area contributed by atoms with Gasteiger partial charge in [-0.2, -0.15) is 0 Å². The van der Waals surface area contributed by atoms with Crippen LogP contribution in [0.15, 0.2) is 42.5 Å². The molecule has 1 aliphatic heterocycles. The number of nitrogens with two attached hydrogens (primary N) is 1. The summed E-state index contributed by atoms with van der Waals surface area (Å²) in [5, 5.41) is 1.06. The van der Waals surface area contributed by atoms with Gasteiger partial charge in [0.05, 0.1) is 5.56 Å². The third kappa shape index (κ3) is 4.01. The third-order valence-corrected chi connectivity index (χ3v) is 4.49. The van der Waals surface area contributed by atoms with Crippen molar-refractivity contribution in [3.05, 3.63) is 58.1 Å². The molecule has 1 fully saturated rings. The van der Waals surface area contributed by atoms with E-state index in [1.807, 2.05) is 0 Å². The number of hydrogen-bond acceptors (Lipinski definition) is 3. The van der Waals surface area contributed by atoms with Gasteiger partial charge in [0, 0.05) is 29.2 Å². The third-order valence-electron chi connectivity index (χ3n) is 4.02. The summed E-state index contributed by atoms with van der Waals surface area (Å²) in [5.41, 5.74) is 6.35. The van der Waals surface area contributed by atoms with Crippen LogP contribution < -0.4 is 10.5 Å². The predicted octanol–water partition coefficient (Wildman–Crippen LogP) is 4.35. The van der Waals surface area contributed by atoms with Crippen molar-refractivity contribution in [1.29, 1.82) is 0 Å². The lowest BCUT2D eigenvalue weighted by Crippen LogP contribution is -2.42. The lowest BCUT2D eigenvalue weighted by atomic mass is 10.0. The fraction of sp³-hybridized carbons (Fsp3) is 0.278. The molecule has 0 saturated carbocycles. The average Bonchev–Trinajstić information content (AvgIpc) is 2.57. The Kier molecular flexibility index (Phi) is 5.29. The van der Waals surface area contributed by atoms with Gasteiger partial charge in [-0.25, -0.2) is 0 Å². The number of amides is 1. The van der Waals surface area contributed by atoms with Crippen molar-refractivity contribution in [2.45, 2.75) is 18.9 Å². The first-order chi connectivity index (χ1) is 11.5. The maximum absolute atomic E-state index is 12.9. The summed E-state index contributed by atoms with van der Waals surface area (Å²) in [6.07, 6.45) is 1.60. The van der Waals surface area contributed by atoms with Crippen LogP contribution in [0.5, 0.6) is 11.5 Å². The number of carbonyl (C=O) groups is 1. The number of ether oxygens (including phenoxy) is 1. The molecule has 2 aromatic carbocycles. The Balaban J connectivity index is 1.86. The molecule has 0 aliphatic carbocycles. The molecule has 3 rings (SSSR count). The van der Waals surface area contributed by atoms with Crippen molar-refractivity contribution < 1.29 is 9.53 Å². The van der Waals surface area contributed by atoms with Gasteiger partial charge in [0.15, 0.2) is 0 Å². The molecule has 6 heteroatoms. The van der Waals surface area contributed by atoms with E-state index in [-0.39, 0.29) is 11.9 Å². The van der Waals surface area contributed by atoms with Gasteiger partial charge in [-0.3, -0.25) is 4.79 Å². The second-order valence-electron chi connectivity index (χ2n) is 5.83. The number of rotatable bonds is 3. The highest BCUT2D eigenvalue weighted by Crippen LogP contribution is 2.30. The first-order valence-corrected chi connectivity index (χ1v) is 8.56. The fourth-order valence-corrected chi connectivity index (χ4v) is 3.04. The smallest absolute Gasteiger partial charge is 0.257 e. The molecule has 0 atom stereocenters. The number of halogens is 2. The monoisotopic (exact) mass is 364 g/mol. The zero-order valence-corrected chi connectivity index (χ0v) is 14.6. The SMILES string of the molecule is NC1CCN(C(=O)c2cc(Cl)ccc2Oc2cccc(Cl)c2)CC1. The quantitative estimate of drug-likeness (QED) is 0.880. The van der Waals surface area contributed by atoms with Crippen LogP contribution in [0.1, 0.15) is 23.2 Å². The van der Waals surface area contributed by atoms with Crippen LogP contribution in [-0.2, 0) is 0 Å². The van der Waals surface area contributed by atoms with Gasteiger partial charge in [0.1, 0.15) is 11.5 Å². The summed E-state index contributed by atoms with van der Waals surface area (Å²) in [5.74, 6) is 0.933. The predicted molar refractivity (Wildman–Crippen MR) is 96.1 cm³/mol. The van der Waals surface area contributed by atoms with Crippen LogP contribution in [0.2, 0.25) is 10.0 Å². The molecule has 2 N–H and O–H groups in total. The minimum atomic E-state index is -0.0959. The highest BCUT2D eigenvalue weighted by molar-refractivity contribution is 6.31. The summed E-state index contributed by atoms with van der Waals surface area (Å²) in [6, 6.07) is 12.2. The van der Waals surface area contributed by atoms with E-state index in [2.05, 4.69) is 0 Å². The Morgan fingerprint density at radius 3 is 2.50 bits per heavy atom. The molecule has 1 heterocycles. The number of benzene rings is 2. The highest BCUT2D eigenvalue weighted by atomic mass is 35.5. The summed E-state index contributed by atoms with van der Waals surface area (Å²) in [7, 11) is 0. The van der Waals surface area contributed by atoms with E-state index in [9.17, 15) is 4.79 Å². The van der Waals surface area contributed by atoms with Crippen molar-refractivity contribution in [1.82, 2.24) is 4.90 Å². The molecule has 0 aromatic heterocycles. The van der Waals surface area contributed by atoms with Gasteiger partial charge in [0.2, 0.25) is 0 Å². The van der Waals surface area contributed by atoms with Crippen molar-refractivity contribution in [3.63, 3.8) is 0 Å². The molecule has 0 radical (unpaired) electrons. The number of likely N-dealkylation sites (tertiary alicyclic amines) is 1. The van der Waals surface area contributed by atoms with Gasteiger partial charge in [-0.05, 0) is 49.2 Å². The topological polar surface area (TPSA) is 55.6 Å². The Hall–Kier alpha value is -1.75. The molecule has 2 aromatic rings. The van der Waals surface area contributed by atoms with Crippen molar-refractivity contribution in [2.75, 3.05) is 13.1 Å². The second-order valence-corrected chi connectivity index (χ2v) is 6.70. The molecular formula is C18H18Cl2N2O2. The minimum Gasteiger partial charge on any atom is -0.456 e. The standard InChI is InChI=1S/C18H18Cl2N2O2/c19-12-2-1-3-15(10-12)24-17-5-4-13(20)11-16(17)18(23)22-8-6-14(21)7-9-22/h1-5,10-11,14H,6-9,21H2. The maximum Gasteiger partial charge on any atom is 0.257 e. The van der Waals surface area contributed by atoms with E-state index >= 15 is 0 Å². The van der Waals surface area contributed by atoms with Crippen LogP contribution in [0.3, 0.4) is 0 Å². The van der Waals surface area contributed by atoms with Gasteiger partial charge in [-0.15, -0.1) is 0 Å². The van der Waals surface area contributed by atoms with Crippen LogP contribution in [0, 0.1) is 0 Å². The Labute approximate surface area is 151 Å². The zero-order valence-electron chi connectivity index (χ0n) is 13.0. The Bertz CT molecular complexity index is 744. The van der Waals surface area contributed by atoms with E-state index in [0.29, 0.717) is 40.2 Å². The molecule has 1 saturated heterocycles. The first-order valence-electron chi connectivity index (χ1n) is 7.81. The van der Waals surface area contributed by atoms with Gasteiger partial charge in [-0.1, -0.05) is 29.3 Å². The van der Waals surface area contributed by atoms with Crippen LogP contribution >= 0.6 is 23.2 Å². The van der Waals surface area contributed by atoms with E-state index in [4.69, 9.17) is 33.7 Å². The molecule has 0 bridgehead atoms. The van der Waals surface area contributed by atoms with Gasteiger partial charge < -0.3 is 15.4 Å². The Morgan fingerprint density at radius 2 is 1.79 bits per heavy atom. The summed E-state index contributed by atoms with van der Waals surface area (Å²) < 4.78 is 5.86. The van der Waals surface area contributed by atoms with Crippen LogP contribution in [0.25, 0.3) is 0 Å². The summed E-state index contributed by atoms with van der Waals surface area (Å²) in [4.78, 5) is 14.6. The molecular weight excluding hydrogens is 347 g/mol. The summed E-state index contributed by atoms with van der Waals surface area (Å²) in [6.45, 7) is 1.28. The second kappa shape index (κ2) is 7.43. The van der Waals surface area contributed by atoms with Crippen molar-refractivity contribution in [2.24, 2.45) is 5.73 Å². The zero-order chi connectivity index (χ0) is 17.1. The van der Waals surface area contributed by atoms with Gasteiger partial charge in [0.25, 0.3) is 5.91 Å². The number of carbonyl (C=O) groups excluding carboxylic acids is 1. The average molecular weight is 365 g/mol. The fourth-order valence-electron chi connectivity index (χ4n) is 2.69. The van der Waals surface area contributed by atoms with E-state index < -0.39 is 0 Å². The Morgan fingerprint density at radius 1 is 1.08 bits per heavy atom. The van der Waals surface area contributed by atoms with Crippen molar-refractivity contribution >= 4 is 29.1 Å². The highest BCUT2D eigenvalue weighted by Gasteiger charge is 2.24. The lowest BCUT2D eigenvalue weighted by Gasteiger charge is -2.30. The molecule has 1 amide bonds. The number of piperidine rings is 1. The lowest BCUT2D eigenvalue weighted by molar-refractivity contribution is 0.0712. The van der Waals surface area contributed by atoms with Crippen LogP contribution in [-0.4, -0.2) is 29.9 Å². The van der Waals surface area contributed by atoms with Crippen LogP contribution in [0.4, 0.5) is 0 Å². The minimum absolute atomic E-state index is 0.0959. The maximum atomic E-state index is 12.9. The largest absolute Gasteiger partial charge is 0.456 e. The van der Waals surface area contributed by atoms with E-state index in [1.165, 1.54) is 0 Å².